The average molecular weight is 453 g/mol. The molecule has 0 aliphatic carbocycles. The summed E-state index contributed by atoms with van der Waals surface area (Å²) in [7, 11) is 2.17. The van der Waals surface area contributed by atoms with E-state index in [0.717, 1.165) is 44.7 Å². The summed E-state index contributed by atoms with van der Waals surface area (Å²) in [5.41, 5.74) is 8.98. The number of amides is 1. The van der Waals surface area contributed by atoms with E-state index in [4.69, 9.17) is 5.73 Å². The molecule has 0 unspecified atom stereocenters. The van der Waals surface area contributed by atoms with Crippen molar-refractivity contribution < 1.29 is 4.79 Å². The molecular formula is C23H34Cl2N4O. The van der Waals surface area contributed by atoms with Crippen molar-refractivity contribution in [3.8, 4) is 0 Å². The molecule has 2 aromatic carbocycles. The standard InChI is InChI=1S/C23H32N4O.2ClH/c1-25-15-17-26(18-16-25)19-21-7-9-22(10-8-21)23(28)27(14-12-24)13-11-20-5-3-2-4-6-20;;/h2-10H,11-19,24H2,1H3;2*1H. The fraction of sp³-hybridized carbons (Fsp3) is 0.435. The van der Waals surface area contributed by atoms with Crippen LogP contribution in [0.1, 0.15) is 21.5 Å². The molecule has 0 spiro atoms. The molecule has 1 fully saturated rings. The van der Waals surface area contributed by atoms with Crippen LogP contribution in [0.15, 0.2) is 54.6 Å². The normalized spacial score (nSPS) is 14.5. The second-order valence-electron chi connectivity index (χ2n) is 7.59. The van der Waals surface area contributed by atoms with Gasteiger partial charge in [0.15, 0.2) is 0 Å². The van der Waals surface area contributed by atoms with Gasteiger partial charge in [-0.15, -0.1) is 24.8 Å². The first-order valence-electron chi connectivity index (χ1n) is 10.2. The molecule has 0 aromatic heterocycles. The number of nitrogens with zero attached hydrogens (tertiary/aromatic N) is 3. The van der Waals surface area contributed by atoms with Gasteiger partial charge in [-0.25, -0.2) is 0 Å². The lowest BCUT2D eigenvalue weighted by molar-refractivity contribution is 0.0762. The molecule has 1 heterocycles. The summed E-state index contributed by atoms with van der Waals surface area (Å²) >= 11 is 0. The van der Waals surface area contributed by atoms with Gasteiger partial charge in [0.1, 0.15) is 0 Å². The number of carbonyl (C=O) groups is 1. The lowest BCUT2D eigenvalue weighted by Crippen LogP contribution is -2.43. The third-order valence-corrected chi connectivity index (χ3v) is 5.40. The lowest BCUT2D eigenvalue weighted by Gasteiger charge is -2.32. The maximum atomic E-state index is 12.9. The summed E-state index contributed by atoms with van der Waals surface area (Å²) in [5, 5.41) is 0. The van der Waals surface area contributed by atoms with Gasteiger partial charge >= 0.3 is 0 Å². The maximum Gasteiger partial charge on any atom is 0.253 e. The van der Waals surface area contributed by atoms with Crippen LogP contribution in [0.5, 0.6) is 0 Å². The van der Waals surface area contributed by atoms with E-state index in [-0.39, 0.29) is 30.7 Å². The Morgan fingerprint density at radius 2 is 1.53 bits per heavy atom. The minimum absolute atomic E-state index is 0. The third kappa shape index (κ3) is 7.89. The van der Waals surface area contributed by atoms with E-state index < -0.39 is 0 Å². The second kappa shape index (κ2) is 13.6. The van der Waals surface area contributed by atoms with Crippen LogP contribution in [0, 0.1) is 0 Å². The molecule has 1 saturated heterocycles. The predicted octanol–water partition coefficient (Wildman–Crippen LogP) is 2.92. The van der Waals surface area contributed by atoms with Crippen molar-refractivity contribution in [3.63, 3.8) is 0 Å². The van der Waals surface area contributed by atoms with Crippen molar-refractivity contribution in [2.75, 3.05) is 52.9 Å². The summed E-state index contributed by atoms with van der Waals surface area (Å²) in [4.78, 5) is 19.6. The highest BCUT2D eigenvalue weighted by molar-refractivity contribution is 5.94. The van der Waals surface area contributed by atoms with E-state index in [1.54, 1.807) is 0 Å². The molecule has 2 N–H and O–H groups in total. The largest absolute Gasteiger partial charge is 0.337 e. The van der Waals surface area contributed by atoms with Crippen molar-refractivity contribution in [1.29, 1.82) is 0 Å². The molecule has 0 atom stereocenters. The van der Waals surface area contributed by atoms with Gasteiger partial charge in [0.25, 0.3) is 5.91 Å². The summed E-state index contributed by atoms with van der Waals surface area (Å²) in [6.45, 7) is 7.11. The number of piperazine rings is 1. The predicted molar refractivity (Wildman–Crippen MR) is 129 cm³/mol. The number of rotatable bonds is 8. The molecular weight excluding hydrogens is 419 g/mol. The summed E-state index contributed by atoms with van der Waals surface area (Å²) < 4.78 is 0. The Balaban J connectivity index is 0.00000225. The van der Waals surface area contributed by atoms with E-state index in [1.807, 2.05) is 35.2 Å². The van der Waals surface area contributed by atoms with Gasteiger partial charge in [0, 0.05) is 57.9 Å². The van der Waals surface area contributed by atoms with Gasteiger partial charge in [-0.3, -0.25) is 9.69 Å². The zero-order chi connectivity index (χ0) is 19.8. The first kappa shape index (κ1) is 26.4. The van der Waals surface area contributed by atoms with Crippen molar-refractivity contribution in [1.82, 2.24) is 14.7 Å². The van der Waals surface area contributed by atoms with Crippen molar-refractivity contribution >= 4 is 30.7 Å². The number of halogens is 2. The summed E-state index contributed by atoms with van der Waals surface area (Å²) in [5.74, 6) is 0.0625. The van der Waals surface area contributed by atoms with Gasteiger partial charge in [0.2, 0.25) is 0 Å². The molecule has 0 radical (unpaired) electrons. The number of nitrogens with two attached hydrogens (primary N) is 1. The lowest BCUT2D eigenvalue weighted by atomic mass is 10.1. The van der Waals surface area contributed by atoms with Crippen LogP contribution in [0.2, 0.25) is 0 Å². The Kier molecular flexibility index (Phi) is 12.0. The van der Waals surface area contributed by atoms with Crippen molar-refractivity contribution in [3.05, 3.63) is 71.3 Å². The van der Waals surface area contributed by atoms with Crippen LogP contribution in [0.3, 0.4) is 0 Å². The number of likely N-dealkylation sites (N-methyl/N-ethyl adjacent to an activating group) is 1. The van der Waals surface area contributed by atoms with E-state index in [2.05, 4.69) is 41.1 Å². The Labute approximate surface area is 193 Å². The first-order valence-corrected chi connectivity index (χ1v) is 10.2. The minimum Gasteiger partial charge on any atom is -0.337 e. The summed E-state index contributed by atoms with van der Waals surface area (Å²) in [6, 6.07) is 18.4. The molecule has 166 valence electrons. The van der Waals surface area contributed by atoms with Crippen LogP contribution in [0.25, 0.3) is 0 Å². The molecule has 30 heavy (non-hydrogen) atoms. The molecule has 5 nitrogen and oxygen atoms in total. The molecule has 1 aliphatic rings. The summed E-state index contributed by atoms with van der Waals surface area (Å²) in [6.07, 6.45) is 0.841. The number of hydrogen-bond acceptors (Lipinski definition) is 4. The number of hydrogen-bond donors (Lipinski definition) is 1. The zero-order valence-corrected chi connectivity index (χ0v) is 19.3. The van der Waals surface area contributed by atoms with Crippen LogP contribution >= 0.6 is 24.8 Å². The van der Waals surface area contributed by atoms with E-state index in [1.165, 1.54) is 11.1 Å². The zero-order valence-electron chi connectivity index (χ0n) is 17.7. The van der Waals surface area contributed by atoms with Gasteiger partial charge in [-0.2, -0.15) is 0 Å². The molecule has 1 aliphatic heterocycles. The van der Waals surface area contributed by atoms with Crippen LogP contribution in [-0.2, 0) is 13.0 Å². The highest BCUT2D eigenvalue weighted by Crippen LogP contribution is 2.12. The molecule has 1 amide bonds. The van der Waals surface area contributed by atoms with E-state index >= 15 is 0 Å². The Morgan fingerprint density at radius 3 is 2.13 bits per heavy atom. The first-order chi connectivity index (χ1) is 13.7. The number of benzene rings is 2. The van der Waals surface area contributed by atoms with E-state index in [0.29, 0.717) is 19.6 Å². The van der Waals surface area contributed by atoms with Crippen molar-refractivity contribution in [2.45, 2.75) is 13.0 Å². The molecule has 2 aromatic rings. The van der Waals surface area contributed by atoms with Crippen LogP contribution in [-0.4, -0.2) is 73.5 Å². The second-order valence-corrected chi connectivity index (χ2v) is 7.59. The van der Waals surface area contributed by atoms with Crippen molar-refractivity contribution in [2.24, 2.45) is 5.73 Å². The SMILES string of the molecule is CN1CCN(Cc2ccc(C(=O)N(CCN)CCc3ccccc3)cc2)CC1.Cl.Cl. The monoisotopic (exact) mass is 452 g/mol. The molecule has 0 saturated carbocycles. The Morgan fingerprint density at radius 1 is 0.900 bits per heavy atom. The average Bonchev–Trinajstić information content (AvgIpc) is 2.73. The molecule has 3 rings (SSSR count). The highest BCUT2D eigenvalue weighted by atomic mass is 35.5. The minimum atomic E-state index is 0. The number of carbonyl (C=O) groups excluding carboxylic acids is 1. The van der Waals surface area contributed by atoms with Crippen LogP contribution < -0.4 is 5.73 Å². The molecule has 7 heteroatoms. The fourth-order valence-corrected chi connectivity index (χ4v) is 3.58. The highest BCUT2D eigenvalue weighted by Gasteiger charge is 2.16. The smallest absolute Gasteiger partial charge is 0.253 e. The van der Waals surface area contributed by atoms with Gasteiger partial charge in [0.05, 0.1) is 0 Å². The van der Waals surface area contributed by atoms with Crippen LogP contribution in [0.4, 0.5) is 0 Å². The van der Waals surface area contributed by atoms with Gasteiger partial charge in [-0.1, -0.05) is 42.5 Å². The Hall–Kier alpha value is -1.63. The Bertz CT molecular complexity index is 735. The molecule has 0 bridgehead atoms. The van der Waals surface area contributed by atoms with Gasteiger partial charge < -0.3 is 15.5 Å². The van der Waals surface area contributed by atoms with Gasteiger partial charge in [-0.05, 0) is 36.7 Å². The third-order valence-electron chi connectivity index (χ3n) is 5.40. The fourth-order valence-electron chi connectivity index (χ4n) is 3.58. The topological polar surface area (TPSA) is 52.8 Å². The quantitative estimate of drug-likeness (QED) is 0.668. The maximum absolute atomic E-state index is 12.9. The van der Waals surface area contributed by atoms with E-state index in [9.17, 15) is 4.79 Å².